The number of phenols is 1. The van der Waals surface area contributed by atoms with E-state index >= 15 is 0 Å². The Kier molecular flexibility index (Phi) is 4.24. The summed E-state index contributed by atoms with van der Waals surface area (Å²) in [4.78, 5) is 25.8. The van der Waals surface area contributed by atoms with E-state index in [9.17, 15) is 14.7 Å². The first-order chi connectivity index (χ1) is 15.8. The van der Waals surface area contributed by atoms with E-state index in [4.69, 9.17) is 23.7 Å². The molecule has 4 aliphatic rings. The first kappa shape index (κ1) is 20.1. The number of esters is 1. The number of hydrogen-bond donors (Lipinski definition) is 2. The summed E-state index contributed by atoms with van der Waals surface area (Å²) in [5.41, 5.74) is 1.60. The van der Waals surface area contributed by atoms with Gasteiger partial charge in [-0.3, -0.25) is 4.79 Å². The predicted octanol–water partition coefficient (Wildman–Crippen LogP) is 2.38. The minimum atomic E-state index is -0.946. The zero-order valence-corrected chi connectivity index (χ0v) is 17.9. The Morgan fingerprint density at radius 3 is 2.70 bits per heavy atom. The van der Waals surface area contributed by atoms with Gasteiger partial charge in [0.05, 0.1) is 17.2 Å². The molecule has 9 nitrogen and oxygen atoms in total. The maximum atomic E-state index is 13.0. The Morgan fingerprint density at radius 2 is 1.91 bits per heavy atom. The second-order valence-corrected chi connectivity index (χ2v) is 8.76. The smallest absolute Gasteiger partial charge is 0.338 e. The largest absolute Gasteiger partial charge is 0.504 e. The van der Waals surface area contributed by atoms with Crippen molar-refractivity contribution in [2.45, 2.75) is 44.0 Å². The highest BCUT2D eigenvalue weighted by Gasteiger charge is 2.55. The highest BCUT2D eigenvalue weighted by atomic mass is 16.8. The lowest BCUT2D eigenvalue weighted by Crippen LogP contribution is -2.56. The molecule has 1 saturated heterocycles. The van der Waals surface area contributed by atoms with E-state index < -0.39 is 42.0 Å². The lowest BCUT2D eigenvalue weighted by atomic mass is 9.79. The van der Waals surface area contributed by atoms with Gasteiger partial charge in [0.1, 0.15) is 18.3 Å². The Balaban J connectivity index is 1.46. The molecule has 1 amide bonds. The monoisotopic (exact) mass is 451 g/mol. The third-order valence-corrected chi connectivity index (χ3v) is 6.21. The fraction of sp³-hybridized carbons (Fsp3) is 0.333. The van der Waals surface area contributed by atoms with Gasteiger partial charge in [-0.15, -0.1) is 0 Å². The number of carbonyl (C=O) groups excluding carboxylic acids is 2. The molecule has 2 aromatic rings. The molecule has 33 heavy (non-hydrogen) atoms. The lowest BCUT2D eigenvalue weighted by Gasteiger charge is -2.39. The van der Waals surface area contributed by atoms with E-state index in [-0.39, 0.29) is 23.9 Å². The second-order valence-electron chi connectivity index (χ2n) is 8.76. The molecule has 0 bridgehead atoms. The van der Waals surface area contributed by atoms with Crippen molar-refractivity contribution in [1.29, 1.82) is 0 Å². The van der Waals surface area contributed by atoms with Crippen LogP contribution in [0.1, 0.15) is 40.1 Å². The van der Waals surface area contributed by atoms with Crippen molar-refractivity contribution in [2.75, 3.05) is 6.79 Å². The summed E-state index contributed by atoms with van der Waals surface area (Å²) in [5.74, 6) is -1.74. The first-order valence-corrected chi connectivity index (χ1v) is 10.6. The quantitative estimate of drug-likeness (QED) is 0.670. The fourth-order valence-electron chi connectivity index (χ4n) is 4.86. The van der Waals surface area contributed by atoms with Crippen LogP contribution in [0, 0.1) is 0 Å². The molecule has 1 aliphatic carbocycles. The minimum absolute atomic E-state index is 0.0525. The molecule has 6 rings (SSSR count). The van der Waals surface area contributed by atoms with Gasteiger partial charge in [-0.1, -0.05) is 18.2 Å². The molecular weight excluding hydrogens is 430 g/mol. The van der Waals surface area contributed by atoms with Crippen LogP contribution >= 0.6 is 0 Å². The summed E-state index contributed by atoms with van der Waals surface area (Å²) in [5, 5.41) is 13.6. The zero-order valence-electron chi connectivity index (χ0n) is 17.9. The first-order valence-electron chi connectivity index (χ1n) is 10.6. The van der Waals surface area contributed by atoms with Gasteiger partial charge in [0, 0.05) is 5.56 Å². The molecule has 1 fully saturated rings. The third-order valence-electron chi connectivity index (χ3n) is 6.21. The van der Waals surface area contributed by atoms with Crippen LogP contribution in [0.5, 0.6) is 17.2 Å². The molecule has 0 unspecified atom stereocenters. The van der Waals surface area contributed by atoms with Crippen LogP contribution in [-0.4, -0.2) is 53.9 Å². The number of carbonyl (C=O) groups is 2. The Hall–Kier alpha value is -3.56. The summed E-state index contributed by atoms with van der Waals surface area (Å²) in [6.07, 6.45) is -0.285. The molecule has 4 atom stereocenters. The van der Waals surface area contributed by atoms with Gasteiger partial charge in [-0.2, -0.15) is 0 Å². The van der Waals surface area contributed by atoms with E-state index in [1.807, 2.05) is 6.07 Å². The van der Waals surface area contributed by atoms with Gasteiger partial charge in [0.25, 0.3) is 5.91 Å². The van der Waals surface area contributed by atoms with Gasteiger partial charge < -0.3 is 34.1 Å². The number of rotatable bonds is 2. The fourth-order valence-corrected chi connectivity index (χ4v) is 4.86. The summed E-state index contributed by atoms with van der Waals surface area (Å²) in [6.45, 7) is 3.48. The number of aromatic hydroxyl groups is 1. The summed E-state index contributed by atoms with van der Waals surface area (Å²) in [6, 6.07) is 9.76. The number of phenolic OH excluding ortho intramolecular Hbond substituents is 1. The van der Waals surface area contributed by atoms with Crippen molar-refractivity contribution in [3.8, 4) is 17.2 Å². The molecule has 0 saturated carbocycles. The Bertz CT molecular complexity index is 1200. The molecule has 0 aromatic heterocycles. The maximum absolute atomic E-state index is 13.0. The zero-order chi connectivity index (χ0) is 22.9. The van der Waals surface area contributed by atoms with Crippen LogP contribution in [0.3, 0.4) is 0 Å². The van der Waals surface area contributed by atoms with E-state index in [0.29, 0.717) is 22.4 Å². The van der Waals surface area contributed by atoms with Crippen molar-refractivity contribution in [2.24, 2.45) is 0 Å². The lowest BCUT2D eigenvalue weighted by molar-refractivity contribution is -0.152. The highest BCUT2D eigenvalue weighted by Crippen LogP contribution is 2.50. The van der Waals surface area contributed by atoms with E-state index in [1.54, 1.807) is 50.3 Å². The number of hydrogen-bond acceptors (Lipinski definition) is 8. The normalized spacial score (nSPS) is 28.2. The number of ether oxygens (including phenoxy) is 5. The van der Waals surface area contributed by atoms with E-state index in [2.05, 4.69) is 5.32 Å². The second kappa shape index (κ2) is 6.97. The van der Waals surface area contributed by atoms with E-state index in [1.165, 1.54) is 0 Å². The van der Waals surface area contributed by atoms with Gasteiger partial charge in [0.15, 0.2) is 17.3 Å². The van der Waals surface area contributed by atoms with Gasteiger partial charge in [0.2, 0.25) is 12.5 Å². The molecular formula is C24H21NO8. The molecule has 2 N–H and O–H groups in total. The van der Waals surface area contributed by atoms with Crippen LogP contribution in [-0.2, 0) is 14.2 Å². The van der Waals surface area contributed by atoms with Crippen LogP contribution < -0.4 is 14.8 Å². The number of fused-ring (bicyclic) bond motifs is 6. The Labute approximate surface area is 188 Å². The molecule has 0 spiro atoms. The van der Waals surface area contributed by atoms with Crippen LogP contribution in [0.15, 0.2) is 42.5 Å². The van der Waals surface area contributed by atoms with Crippen molar-refractivity contribution < 1.29 is 38.4 Å². The third kappa shape index (κ3) is 3.07. The topological polar surface area (TPSA) is 113 Å². The molecule has 3 heterocycles. The minimum Gasteiger partial charge on any atom is -0.504 e. The van der Waals surface area contributed by atoms with Crippen molar-refractivity contribution in [3.05, 3.63) is 59.2 Å². The van der Waals surface area contributed by atoms with Crippen molar-refractivity contribution >= 4 is 17.4 Å². The number of amides is 1. The molecule has 3 aliphatic heterocycles. The summed E-state index contributed by atoms with van der Waals surface area (Å²) in [7, 11) is 0. The van der Waals surface area contributed by atoms with Crippen LogP contribution in [0.2, 0.25) is 0 Å². The Morgan fingerprint density at radius 1 is 1.15 bits per heavy atom. The summed E-state index contributed by atoms with van der Waals surface area (Å²) < 4.78 is 28.8. The SMILES string of the molecule is CC1(C)O[C@@H]2[C@H](O1)[C@@H](OC(=O)c1ccccc1)C=C1c3cc4c(c(O)c3C(=O)N[C@H]12)OCO4. The van der Waals surface area contributed by atoms with Crippen LogP contribution in [0.4, 0.5) is 0 Å². The van der Waals surface area contributed by atoms with Crippen LogP contribution in [0.25, 0.3) is 5.57 Å². The highest BCUT2D eigenvalue weighted by molar-refractivity contribution is 6.07. The number of nitrogens with one attached hydrogen (secondary N) is 1. The standard InChI is InChI=1S/C24H21NO8/c1-24(2)32-20-15(31-23(28)11-6-4-3-5-7-11)9-13-12-8-14-19(30-10-29-14)18(26)16(12)22(27)25-17(13)21(20)33-24/h3-9,15,17,20-21,26H,10H2,1-2H3,(H,25,27)/t15-,17+,20+,21-/m0/s1. The molecule has 2 aromatic carbocycles. The van der Waals surface area contributed by atoms with Gasteiger partial charge >= 0.3 is 5.97 Å². The van der Waals surface area contributed by atoms with E-state index in [0.717, 1.165) is 0 Å². The van der Waals surface area contributed by atoms with Gasteiger partial charge in [-0.25, -0.2) is 4.79 Å². The van der Waals surface area contributed by atoms with Crippen molar-refractivity contribution in [1.82, 2.24) is 5.32 Å². The van der Waals surface area contributed by atoms with Gasteiger partial charge in [-0.05, 0) is 43.7 Å². The number of benzene rings is 2. The maximum Gasteiger partial charge on any atom is 0.338 e. The predicted molar refractivity (Wildman–Crippen MR) is 113 cm³/mol. The van der Waals surface area contributed by atoms with Crippen molar-refractivity contribution in [3.63, 3.8) is 0 Å². The summed E-state index contributed by atoms with van der Waals surface area (Å²) >= 11 is 0. The molecule has 0 radical (unpaired) electrons. The average molecular weight is 451 g/mol. The average Bonchev–Trinajstić information content (AvgIpc) is 3.39. The molecule has 170 valence electrons. The molecule has 9 heteroatoms.